The molecule has 0 bridgehead atoms. The van der Waals surface area contributed by atoms with Crippen LogP contribution >= 0.6 is 22.6 Å². The molecule has 0 amide bonds. The van der Waals surface area contributed by atoms with Gasteiger partial charge >= 0.3 is 0 Å². The summed E-state index contributed by atoms with van der Waals surface area (Å²) in [5.41, 5.74) is 9.47. The number of hydrogen-bond donors (Lipinski definition) is 0. The van der Waals surface area contributed by atoms with E-state index < -0.39 is 0 Å². The van der Waals surface area contributed by atoms with Gasteiger partial charge in [-0.1, -0.05) is 24.2 Å². The summed E-state index contributed by atoms with van der Waals surface area (Å²) in [6.07, 6.45) is 0.483. The third-order valence-electron chi connectivity index (χ3n) is 1.74. The molecule has 0 heterocycles. The van der Waals surface area contributed by atoms with Crippen LogP contribution in [0.3, 0.4) is 0 Å². The standard InChI is InChI=1S/C9H8IN3O/c1-2-9(14)6-3-4-8(12-13-11)7(10)5-6/h3-5H,2H2,1H3. The summed E-state index contributed by atoms with van der Waals surface area (Å²) >= 11 is 2.04. The van der Waals surface area contributed by atoms with Crippen molar-refractivity contribution in [3.63, 3.8) is 0 Å². The van der Waals surface area contributed by atoms with Crippen molar-refractivity contribution >= 4 is 34.1 Å². The normalized spacial score (nSPS) is 9.29. The largest absolute Gasteiger partial charge is 0.294 e. The summed E-state index contributed by atoms with van der Waals surface area (Å²) in [6, 6.07) is 5.07. The van der Waals surface area contributed by atoms with Crippen LogP contribution < -0.4 is 0 Å². The molecule has 0 radical (unpaired) electrons. The molecule has 4 nitrogen and oxygen atoms in total. The van der Waals surface area contributed by atoms with Crippen LogP contribution in [0.15, 0.2) is 23.3 Å². The Balaban J connectivity index is 3.12. The number of halogens is 1. The summed E-state index contributed by atoms with van der Waals surface area (Å²) < 4.78 is 0.791. The second kappa shape index (κ2) is 4.97. The second-order valence-corrected chi connectivity index (χ2v) is 3.79. The molecule has 14 heavy (non-hydrogen) atoms. The minimum Gasteiger partial charge on any atom is -0.294 e. The van der Waals surface area contributed by atoms with Crippen LogP contribution in [0.25, 0.3) is 10.4 Å². The molecule has 72 valence electrons. The van der Waals surface area contributed by atoms with Crippen LogP contribution in [0.1, 0.15) is 23.7 Å². The smallest absolute Gasteiger partial charge is 0.162 e. The Morgan fingerprint density at radius 1 is 1.64 bits per heavy atom. The lowest BCUT2D eigenvalue weighted by molar-refractivity contribution is 0.0988. The quantitative estimate of drug-likeness (QED) is 0.275. The van der Waals surface area contributed by atoms with Crippen LogP contribution in [-0.2, 0) is 0 Å². The van der Waals surface area contributed by atoms with Gasteiger partial charge in [0.15, 0.2) is 5.78 Å². The van der Waals surface area contributed by atoms with E-state index in [1.165, 1.54) is 0 Å². The van der Waals surface area contributed by atoms with Crippen LogP contribution in [0.2, 0.25) is 0 Å². The number of ketones is 1. The molecule has 0 aliphatic carbocycles. The van der Waals surface area contributed by atoms with E-state index in [0.717, 1.165) is 3.57 Å². The third kappa shape index (κ3) is 2.46. The van der Waals surface area contributed by atoms with Crippen molar-refractivity contribution in [2.24, 2.45) is 5.11 Å². The number of carbonyl (C=O) groups is 1. The van der Waals surface area contributed by atoms with Crippen molar-refractivity contribution in [2.75, 3.05) is 0 Å². The predicted octanol–water partition coefficient (Wildman–Crippen LogP) is 3.83. The molecule has 0 aliphatic rings. The average Bonchev–Trinajstić information content (AvgIpc) is 2.20. The van der Waals surface area contributed by atoms with E-state index in [4.69, 9.17) is 5.53 Å². The number of azide groups is 1. The molecule has 0 unspecified atom stereocenters. The van der Waals surface area contributed by atoms with E-state index in [2.05, 4.69) is 10.0 Å². The summed E-state index contributed by atoms with van der Waals surface area (Å²) in [5.74, 6) is 0.0930. The van der Waals surface area contributed by atoms with Crippen molar-refractivity contribution < 1.29 is 4.79 Å². The van der Waals surface area contributed by atoms with Gasteiger partial charge in [-0.15, -0.1) is 0 Å². The van der Waals surface area contributed by atoms with Crippen LogP contribution in [0.5, 0.6) is 0 Å². The maximum atomic E-state index is 11.3. The molecule has 5 heteroatoms. The van der Waals surface area contributed by atoms with Crippen LogP contribution in [0.4, 0.5) is 5.69 Å². The molecule has 0 N–H and O–H groups in total. The summed E-state index contributed by atoms with van der Waals surface area (Å²) in [6.45, 7) is 1.82. The van der Waals surface area contributed by atoms with Crippen molar-refractivity contribution in [1.29, 1.82) is 0 Å². The van der Waals surface area contributed by atoms with Gasteiger partial charge in [0.2, 0.25) is 0 Å². The topological polar surface area (TPSA) is 65.8 Å². The fourth-order valence-corrected chi connectivity index (χ4v) is 1.64. The first-order chi connectivity index (χ1) is 6.69. The number of nitrogens with zero attached hydrogens (tertiary/aromatic N) is 3. The molecule has 0 atom stereocenters. The zero-order valence-electron chi connectivity index (χ0n) is 7.57. The highest BCUT2D eigenvalue weighted by molar-refractivity contribution is 14.1. The Hall–Kier alpha value is -1.07. The molecule has 0 aliphatic heterocycles. The van der Waals surface area contributed by atoms with Crippen molar-refractivity contribution in [3.05, 3.63) is 37.8 Å². The number of Topliss-reactive ketones (excluding diaryl/α,β-unsaturated/α-hetero) is 1. The van der Waals surface area contributed by atoms with Crippen molar-refractivity contribution in [2.45, 2.75) is 13.3 Å². The fraction of sp³-hybridized carbons (Fsp3) is 0.222. The van der Waals surface area contributed by atoms with E-state index in [1.54, 1.807) is 18.2 Å². The lowest BCUT2D eigenvalue weighted by Gasteiger charge is -2.00. The Bertz CT molecular complexity index is 411. The molecular weight excluding hydrogens is 293 g/mol. The SMILES string of the molecule is CCC(=O)c1ccc(N=[N+]=[N-])c(I)c1. The summed E-state index contributed by atoms with van der Waals surface area (Å²) in [4.78, 5) is 14.0. The van der Waals surface area contributed by atoms with Crippen molar-refractivity contribution in [3.8, 4) is 0 Å². The van der Waals surface area contributed by atoms with Crippen LogP contribution in [-0.4, -0.2) is 5.78 Å². The molecular formula is C9H8IN3O. The lowest BCUT2D eigenvalue weighted by Crippen LogP contribution is -1.96. The summed E-state index contributed by atoms with van der Waals surface area (Å²) in [7, 11) is 0. The van der Waals surface area contributed by atoms with Gasteiger partial charge in [-0.25, -0.2) is 0 Å². The highest BCUT2D eigenvalue weighted by Crippen LogP contribution is 2.23. The predicted molar refractivity (Wildman–Crippen MR) is 62.6 cm³/mol. The second-order valence-electron chi connectivity index (χ2n) is 2.63. The molecule has 0 saturated carbocycles. The highest BCUT2D eigenvalue weighted by Gasteiger charge is 2.05. The molecule has 0 saturated heterocycles. The first kappa shape index (κ1) is 11.0. The van der Waals surface area contributed by atoms with Crippen LogP contribution in [0, 0.1) is 3.57 Å². The lowest BCUT2D eigenvalue weighted by atomic mass is 10.1. The van der Waals surface area contributed by atoms with Gasteiger partial charge in [0.1, 0.15) is 0 Å². The molecule has 1 rings (SSSR count). The molecule has 0 fully saturated rings. The Morgan fingerprint density at radius 3 is 2.86 bits per heavy atom. The zero-order valence-corrected chi connectivity index (χ0v) is 9.72. The van der Waals surface area contributed by atoms with Gasteiger partial charge in [-0.3, -0.25) is 4.79 Å². The number of hydrogen-bond acceptors (Lipinski definition) is 2. The van der Waals surface area contributed by atoms with E-state index in [9.17, 15) is 4.79 Å². The molecule has 1 aromatic rings. The molecule has 0 aromatic heterocycles. The Morgan fingerprint density at radius 2 is 2.36 bits per heavy atom. The van der Waals surface area contributed by atoms with Gasteiger partial charge in [-0.2, -0.15) is 0 Å². The molecule has 1 aromatic carbocycles. The highest BCUT2D eigenvalue weighted by atomic mass is 127. The maximum Gasteiger partial charge on any atom is 0.162 e. The first-order valence-electron chi connectivity index (χ1n) is 4.07. The van der Waals surface area contributed by atoms with Gasteiger partial charge in [0, 0.05) is 20.5 Å². The van der Waals surface area contributed by atoms with Crippen molar-refractivity contribution in [1.82, 2.24) is 0 Å². The van der Waals surface area contributed by atoms with E-state index in [0.29, 0.717) is 17.7 Å². The number of rotatable bonds is 3. The summed E-state index contributed by atoms with van der Waals surface area (Å²) in [5, 5.41) is 3.49. The Kier molecular flexibility index (Phi) is 3.91. The van der Waals surface area contributed by atoms with Gasteiger partial charge in [-0.05, 0) is 34.2 Å². The fourth-order valence-electron chi connectivity index (χ4n) is 1.01. The molecule has 0 spiro atoms. The van der Waals surface area contributed by atoms with Gasteiger partial charge in [0.25, 0.3) is 0 Å². The van der Waals surface area contributed by atoms with Gasteiger partial charge in [0.05, 0.1) is 5.69 Å². The minimum atomic E-state index is 0.0930. The zero-order chi connectivity index (χ0) is 10.6. The number of carbonyl (C=O) groups excluding carboxylic acids is 1. The number of benzene rings is 1. The van der Waals surface area contributed by atoms with Gasteiger partial charge < -0.3 is 0 Å². The Labute approximate surface area is 95.1 Å². The van der Waals surface area contributed by atoms with E-state index in [1.807, 2.05) is 29.5 Å². The third-order valence-corrected chi connectivity index (χ3v) is 2.61. The average molecular weight is 301 g/mol. The monoisotopic (exact) mass is 301 g/mol. The maximum absolute atomic E-state index is 11.3. The van der Waals surface area contributed by atoms with E-state index in [-0.39, 0.29) is 5.78 Å². The minimum absolute atomic E-state index is 0.0930. The van der Waals surface area contributed by atoms with E-state index >= 15 is 0 Å². The first-order valence-corrected chi connectivity index (χ1v) is 5.14.